The van der Waals surface area contributed by atoms with Crippen LogP contribution < -0.4 is 16.0 Å². The number of rotatable bonds is 5. The highest BCUT2D eigenvalue weighted by Crippen LogP contribution is 2.28. The molecule has 0 bridgehead atoms. The topological polar surface area (TPSA) is 127 Å². The number of benzene rings is 2. The van der Waals surface area contributed by atoms with Crippen LogP contribution in [0.3, 0.4) is 0 Å². The molecule has 0 saturated carbocycles. The summed E-state index contributed by atoms with van der Waals surface area (Å²) < 4.78 is 26.8. The zero-order valence-corrected chi connectivity index (χ0v) is 12.6. The lowest BCUT2D eigenvalue weighted by atomic mass is 10.3. The van der Waals surface area contributed by atoms with Gasteiger partial charge in [-0.3, -0.25) is 20.7 Å². The Morgan fingerprint density at radius 1 is 1.18 bits per heavy atom. The zero-order valence-electron chi connectivity index (χ0n) is 11.0. The Morgan fingerprint density at radius 2 is 1.91 bits per heavy atom. The van der Waals surface area contributed by atoms with Crippen molar-refractivity contribution in [2.45, 2.75) is 4.90 Å². The lowest BCUT2D eigenvalue weighted by Gasteiger charge is -2.09. The zero-order chi connectivity index (χ0) is 16.3. The molecule has 2 aromatic carbocycles. The quantitative estimate of drug-likeness (QED) is 0.434. The van der Waals surface area contributed by atoms with Gasteiger partial charge in [0.1, 0.15) is 5.69 Å². The highest BCUT2D eigenvalue weighted by atomic mass is 35.5. The Kier molecular flexibility index (Phi) is 4.50. The summed E-state index contributed by atoms with van der Waals surface area (Å²) in [7, 11) is -3.99. The maximum Gasteiger partial charge on any atom is 0.295 e. The number of nitrogens with one attached hydrogen (secondary N) is 2. The number of hydrogen-bond donors (Lipinski definition) is 3. The van der Waals surface area contributed by atoms with Crippen LogP contribution in [0.25, 0.3) is 0 Å². The third-order valence-electron chi connectivity index (χ3n) is 2.71. The molecule has 0 unspecified atom stereocenters. The van der Waals surface area contributed by atoms with Gasteiger partial charge in [-0.05, 0) is 30.3 Å². The van der Waals surface area contributed by atoms with E-state index in [-0.39, 0.29) is 16.3 Å². The standard InChI is InChI=1S/C12H11ClN4O4S/c13-8-2-1-3-9(6-8)16-22(20,21)10-4-5-11(15-14)12(7-10)17(18)19/h1-7,15-16H,14H2. The number of nitrogens with two attached hydrogens (primary N) is 1. The Bertz CT molecular complexity index is 826. The highest BCUT2D eigenvalue weighted by molar-refractivity contribution is 7.92. The molecule has 8 nitrogen and oxygen atoms in total. The first-order chi connectivity index (χ1) is 10.3. The second-order valence-corrected chi connectivity index (χ2v) is 6.32. The van der Waals surface area contributed by atoms with Crippen LogP contribution in [0.5, 0.6) is 0 Å². The van der Waals surface area contributed by atoms with E-state index in [0.29, 0.717) is 5.02 Å². The van der Waals surface area contributed by atoms with Crippen molar-refractivity contribution in [2.24, 2.45) is 5.84 Å². The fourth-order valence-electron chi connectivity index (χ4n) is 1.72. The number of sulfonamides is 1. The highest BCUT2D eigenvalue weighted by Gasteiger charge is 2.21. The minimum absolute atomic E-state index is 0.00621. The van der Waals surface area contributed by atoms with Gasteiger partial charge in [-0.2, -0.15) is 0 Å². The number of hydrogen-bond acceptors (Lipinski definition) is 6. The Labute approximate surface area is 131 Å². The van der Waals surface area contributed by atoms with E-state index in [9.17, 15) is 18.5 Å². The van der Waals surface area contributed by atoms with Crippen molar-refractivity contribution < 1.29 is 13.3 Å². The van der Waals surface area contributed by atoms with Crippen molar-refractivity contribution in [3.8, 4) is 0 Å². The lowest BCUT2D eigenvalue weighted by Crippen LogP contribution is -2.14. The minimum atomic E-state index is -3.99. The van der Waals surface area contributed by atoms with Gasteiger partial charge in [-0.25, -0.2) is 8.42 Å². The second-order valence-electron chi connectivity index (χ2n) is 4.20. The fourth-order valence-corrected chi connectivity index (χ4v) is 2.98. The first-order valence-electron chi connectivity index (χ1n) is 5.87. The van der Waals surface area contributed by atoms with Crippen LogP contribution in [0.4, 0.5) is 17.1 Å². The fraction of sp³-hybridized carbons (Fsp3) is 0. The van der Waals surface area contributed by atoms with E-state index in [4.69, 9.17) is 17.4 Å². The molecule has 116 valence electrons. The Morgan fingerprint density at radius 3 is 2.50 bits per heavy atom. The number of halogens is 1. The molecule has 2 aromatic rings. The van der Waals surface area contributed by atoms with Crippen LogP contribution in [-0.4, -0.2) is 13.3 Å². The van der Waals surface area contributed by atoms with Gasteiger partial charge in [-0.1, -0.05) is 17.7 Å². The molecule has 2 rings (SSSR count). The maximum atomic E-state index is 12.3. The molecular formula is C12H11ClN4O4S. The molecule has 0 aliphatic carbocycles. The lowest BCUT2D eigenvalue weighted by molar-refractivity contribution is -0.384. The van der Waals surface area contributed by atoms with Gasteiger partial charge < -0.3 is 5.43 Å². The summed E-state index contributed by atoms with van der Waals surface area (Å²) in [4.78, 5) is 9.95. The number of nitrogen functional groups attached to an aromatic ring is 1. The molecule has 10 heteroatoms. The monoisotopic (exact) mass is 342 g/mol. The number of anilines is 2. The van der Waals surface area contributed by atoms with Gasteiger partial charge in [0.05, 0.1) is 15.5 Å². The molecule has 0 aliphatic heterocycles. The van der Waals surface area contributed by atoms with Crippen molar-refractivity contribution in [3.63, 3.8) is 0 Å². The van der Waals surface area contributed by atoms with Crippen LogP contribution in [0.2, 0.25) is 5.02 Å². The van der Waals surface area contributed by atoms with E-state index in [1.54, 1.807) is 12.1 Å². The molecule has 0 fully saturated rings. The first kappa shape index (κ1) is 16.0. The van der Waals surface area contributed by atoms with Crippen LogP contribution in [0.15, 0.2) is 47.4 Å². The summed E-state index contributed by atoms with van der Waals surface area (Å²) >= 11 is 5.78. The summed E-state index contributed by atoms with van der Waals surface area (Å²) in [5.41, 5.74) is 1.94. The van der Waals surface area contributed by atoms with Gasteiger partial charge in [-0.15, -0.1) is 0 Å². The van der Waals surface area contributed by atoms with Crippen LogP contribution in [0.1, 0.15) is 0 Å². The Balaban J connectivity index is 2.41. The maximum absolute atomic E-state index is 12.3. The van der Waals surface area contributed by atoms with Crippen LogP contribution in [-0.2, 0) is 10.0 Å². The van der Waals surface area contributed by atoms with Crippen LogP contribution in [0, 0.1) is 10.1 Å². The van der Waals surface area contributed by atoms with Crippen molar-refractivity contribution in [2.75, 3.05) is 10.1 Å². The largest absolute Gasteiger partial charge is 0.318 e. The third kappa shape index (κ3) is 3.45. The van der Waals surface area contributed by atoms with Crippen LogP contribution >= 0.6 is 11.6 Å². The number of hydrazine groups is 1. The van der Waals surface area contributed by atoms with E-state index in [1.807, 2.05) is 0 Å². The third-order valence-corrected chi connectivity index (χ3v) is 4.32. The normalized spacial score (nSPS) is 11.0. The van der Waals surface area contributed by atoms with Crippen molar-refractivity contribution in [1.82, 2.24) is 0 Å². The summed E-state index contributed by atoms with van der Waals surface area (Å²) in [6.07, 6.45) is 0. The first-order valence-corrected chi connectivity index (χ1v) is 7.73. The summed E-state index contributed by atoms with van der Waals surface area (Å²) in [6.45, 7) is 0. The van der Waals surface area contributed by atoms with Crippen molar-refractivity contribution >= 4 is 38.7 Å². The van der Waals surface area contributed by atoms with E-state index in [2.05, 4.69) is 10.1 Å². The minimum Gasteiger partial charge on any atom is -0.318 e. The molecule has 22 heavy (non-hydrogen) atoms. The van der Waals surface area contributed by atoms with E-state index < -0.39 is 20.6 Å². The SMILES string of the molecule is NNc1ccc(S(=O)(=O)Nc2cccc(Cl)c2)cc1[N+](=O)[O-]. The average molecular weight is 343 g/mol. The second kappa shape index (κ2) is 6.18. The smallest absolute Gasteiger partial charge is 0.295 e. The molecule has 0 saturated heterocycles. The molecule has 0 aliphatic rings. The van der Waals surface area contributed by atoms with E-state index >= 15 is 0 Å². The van der Waals surface area contributed by atoms with Crippen molar-refractivity contribution in [1.29, 1.82) is 0 Å². The van der Waals surface area contributed by atoms with E-state index in [0.717, 1.165) is 6.07 Å². The predicted molar refractivity (Wildman–Crippen MR) is 83.2 cm³/mol. The van der Waals surface area contributed by atoms with E-state index in [1.165, 1.54) is 24.3 Å². The number of nitro benzene ring substituents is 1. The summed E-state index contributed by atoms with van der Waals surface area (Å²) in [5, 5.41) is 11.3. The van der Waals surface area contributed by atoms with Gasteiger partial charge in [0.15, 0.2) is 0 Å². The predicted octanol–water partition coefficient (Wildman–Crippen LogP) is 2.33. The molecule has 0 spiro atoms. The molecule has 0 atom stereocenters. The van der Waals surface area contributed by atoms with Gasteiger partial charge >= 0.3 is 0 Å². The molecule has 0 heterocycles. The van der Waals surface area contributed by atoms with Gasteiger partial charge in [0.2, 0.25) is 0 Å². The summed E-state index contributed by atoms with van der Waals surface area (Å²) in [5.74, 6) is 5.15. The molecular weight excluding hydrogens is 332 g/mol. The molecule has 4 N–H and O–H groups in total. The molecule has 0 amide bonds. The summed E-state index contributed by atoms with van der Waals surface area (Å²) in [6, 6.07) is 9.43. The Hall–Kier alpha value is -2.36. The average Bonchev–Trinajstić information content (AvgIpc) is 2.46. The number of nitrogens with zero attached hydrogens (tertiary/aromatic N) is 1. The van der Waals surface area contributed by atoms with Crippen molar-refractivity contribution in [3.05, 3.63) is 57.6 Å². The molecule has 0 radical (unpaired) electrons. The van der Waals surface area contributed by atoms with Gasteiger partial charge in [0, 0.05) is 11.1 Å². The van der Waals surface area contributed by atoms with Gasteiger partial charge in [0.25, 0.3) is 15.7 Å². The number of nitro groups is 1. The molecule has 0 aromatic heterocycles.